The van der Waals surface area contributed by atoms with E-state index in [1.54, 1.807) is 10.7 Å². The van der Waals surface area contributed by atoms with E-state index < -0.39 is 0 Å². The van der Waals surface area contributed by atoms with Crippen LogP contribution in [0, 0.1) is 13.8 Å². The molecule has 0 unspecified atom stereocenters. The molecule has 6 nitrogen and oxygen atoms in total. The van der Waals surface area contributed by atoms with Crippen molar-refractivity contribution in [3.8, 4) is 0 Å². The highest BCUT2D eigenvalue weighted by molar-refractivity contribution is 6.01. The summed E-state index contributed by atoms with van der Waals surface area (Å²) >= 11 is 0. The second kappa shape index (κ2) is 3.23. The Hall–Kier alpha value is -2.11. The van der Waals surface area contributed by atoms with Crippen molar-refractivity contribution in [1.29, 1.82) is 0 Å². The molecule has 0 spiro atoms. The number of aromatic amines is 1. The first-order valence-electron chi connectivity index (χ1n) is 4.49. The highest BCUT2D eigenvalue weighted by Gasteiger charge is 2.19. The van der Waals surface area contributed by atoms with Crippen molar-refractivity contribution in [2.45, 2.75) is 13.8 Å². The van der Waals surface area contributed by atoms with Crippen molar-refractivity contribution in [2.24, 2.45) is 10.9 Å². The molecule has 0 aromatic carbocycles. The molecule has 2 rings (SSSR count). The summed E-state index contributed by atoms with van der Waals surface area (Å²) in [7, 11) is 0. The van der Waals surface area contributed by atoms with Gasteiger partial charge in [0.2, 0.25) is 0 Å². The summed E-state index contributed by atoms with van der Waals surface area (Å²) in [6, 6.07) is 1.94. The van der Waals surface area contributed by atoms with E-state index in [2.05, 4.69) is 15.2 Å². The fourth-order valence-corrected chi connectivity index (χ4v) is 1.56. The highest BCUT2D eigenvalue weighted by Crippen LogP contribution is 2.05. The van der Waals surface area contributed by atoms with E-state index >= 15 is 0 Å². The van der Waals surface area contributed by atoms with Gasteiger partial charge in [0, 0.05) is 19.9 Å². The van der Waals surface area contributed by atoms with Gasteiger partial charge < -0.3 is 10.9 Å². The summed E-state index contributed by atoms with van der Waals surface area (Å²) in [6.45, 7) is 3.85. The van der Waals surface area contributed by atoms with Gasteiger partial charge in [0.25, 0.3) is 0 Å². The number of rotatable bonds is 1. The van der Waals surface area contributed by atoms with Gasteiger partial charge >= 0.3 is 5.65 Å². The third-order valence-corrected chi connectivity index (χ3v) is 2.23. The van der Waals surface area contributed by atoms with Crippen LogP contribution in [0.2, 0.25) is 0 Å². The number of H-pyrrole nitrogens is 1. The normalized spacial score (nSPS) is 12.3. The van der Waals surface area contributed by atoms with Crippen molar-refractivity contribution < 1.29 is 9.72 Å². The maximum absolute atomic E-state index is 8.62. The molecule has 0 atom stereocenters. The number of hydrogen-bond acceptors (Lipinski definition) is 3. The quantitative estimate of drug-likeness (QED) is 0.199. The van der Waals surface area contributed by atoms with Gasteiger partial charge in [-0.15, -0.1) is 4.52 Å². The average molecular weight is 206 g/mol. The standard InChI is InChI=1S/C9H11N5O/c1-5-3-6(2)14-9(12-5)7(4-11-14)8(10)13-15/h3-4H,1-2H3,(H3,10,13,15)/p+1. The number of amidine groups is 1. The molecule has 2 heterocycles. The van der Waals surface area contributed by atoms with E-state index in [4.69, 9.17) is 10.9 Å². The minimum atomic E-state index is 0.0475. The van der Waals surface area contributed by atoms with Crippen LogP contribution >= 0.6 is 0 Å². The van der Waals surface area contributed by atoms with E-state index in [9.17, 15) is 0 Å². The molecule has 0 saturated carbocycles. The number of aryl methyl sites for hydroxylation is 2. The molecule has 78 valence electrons. The lowest BCUT2D eigenvalue weighted by atomic mass is 10.3. The van der Waals surface area contributed by atoms with E-state index in [0.717, 1.165) is 11.4 Å². The maximum Gasteiger partial charge on any atom is 0.359 e. The lowest BCUT2D eigenvalue weighted by Crippen LogP contribution is -2.29. The van der Waals surface area contributed by atoms with Gasteiger partial charge in [-0.05, 0) is 4.98 Å². The van der Waals surface area contributed by atoms with Crippen molar-refractivity contribution in [2.75, 3.05) is 0 Å². The van der Waals surface area contributed by atoms with Crippen LogP contribution in [0.5, 0.6) is 0 Å². The van der Waals surface area contributed by atoms with Crippen LogP contribution in [-0.2, 0) is 0 Å². The molecule has 0 saturated heterocycles. The fourth-order valence-electron chi connectivity index (χ4n) is 1.56. The Balaban J connectivity index is 2.80. The van der Waals surface area contributed by atoms with Crippen LogP contribution in [0.25, 0.3) is 5.65 Å². The zero-order valence-electron chi connectivity index (χ0n) is 8.52. The number of nitrogens with zero attached hydrogens (tertiary/aromatic N) is 3. The molecule has 0 radical (unpaired) electrons. The Morgan fingerprint density at radius 3 is 3.00 bits per heavy atom. The molecular weight excluding hydrogens is 194 g/mol. The molecule has 0 aliphatic carbocycles. The summed E-state index contributed by atoms with van der Waals surface area (Å²) in [5.74, 6) is 0.0475. The summed E-state index contributed by atoms with van der Waals surface area (Å²) in [4.78, 5) is 4.33. The number of hydrogen-bond donors (Lipinski definition) is 3. The van der Waals surface area contributed by atoms with Gasteiger partial charge in [0.1, 0.15) is 11.3 Å². The number of fused-ring (bicyclic) bond motifs is 1. The smallest absolute Gasteiger partial charge is 0.359 e. The topological polar surface area (TPSA) is 91.4 Å². The van der Waals surface area contributed by atoms with Crippen molar-refractivity contribution in [3.63, 3.8) is 0 Å². The van der Waals surface area contributed by atoms with Crippen molar-refractivity contribution >= 4 is 11.5 Å². The molecule has 0 aliphatic heterocycles. The monoisotopic (exact) mass is 206 g/mol. The minimum absolute atomic E-state index is 0.0475. The van der Waals surface area contributed by atoms with Crippen molar-refractivity contribution in [3.05, 3.63) is 29.2 Å². The van der Waals surface area contributed by atoms with Crippen LogP contribution in [-0.4, -0.2) is 21.1 Å². The zero-order chi connectivity index (χ0) is 11.0. The zero-order valence-corrected chi connectivity index (χ0v) is 8.52. The fraction of sp³-hybridized carbons (Fsp3) is 0.222. The summed E-state index contributed by atoms with van der Waals surface area (Å²) < 4.78 is 1.78. The first-order chi connectivity index (χ1) is 7.13. The van der Waals surface area contributed by atoms with E-state index in [0.29, 0.717) is 11.2 Å². The molecule has 6 heteroatoms. The first-order valence-corrected chi connectivity index (χ1v) is 4.49. The van der Waals surface area contributed by atoms with Gasteiger partial charge in [-0.1, -0.05) is 5.16 Å². The predicted octanol–water partition coefficient (Wildman–Crippen LogP) is -0.140. The summed E-state index contributed by atoms with van der Waals surface area (Å²) in [5, 5.41) is 14.6. The number of aromatic nitrogens is 3. The average Bonchev–Trinajstić information content (AvgIpc) is 2.60. The number of nitrogens with two attached hydrogens (primary N) is 1. The Kier molecular flexibility index (Phi) is 2.03. The van der Waals surface area contributed by atoms with E-state index in [1.807, 2.05) is 19.9 Å². The number of nitrogens with one attached hydrogen (secondary N) is 1. The predicted molar refractivity (Wildman–Crippen MR) is 53.7 cm³/mol. The van der Waals surface area contributed by atoms with E-state index in [1.165, 1.54) is 0 Å². The largest absolute Gasteiger partial charge is 0.409 e. The Bertz CT molecular complexity index is 543. The van der Waals surface area contributed by atoms with Gasteiger partial charge in [-0.3, -0.25) is 0 Å². The first kappa shape index (κ1) is 9.45. The van der Waals surface area contributed by atoms with E-state index in [-0.39, 0.29) is 5.84 Å². The second-order valence-corrected chi connectivity index (χ2v) is 3.37. The highest BCUT2D eigenvalue weighted by atomic mass is 16.4. The Labute approximate surface area is 86.0 Å². The van der Waals surface area contributed by atoms with Gasteiger partial charge in [0.05, 0.1) is 6.20 Å². The summed E-state index contributed by atoms with van der Waals surface area (Å²) in [6.07, 6.45) is 1.66. The molecular formula is C9H12N5O+. The van der Waals surface area contributed by atoms with Gasteiger partial charge in [0.15, 0.2) is 11.5 Å². The third kappa shape index (κ3) is 1.39. The summed E-state index contributed by atoms with van der Waals surface area (Å²) in [5.41, 5.74) is 8.67. The van der Waals surface area contributed by atoms with Crippen LogP contribution in [0.15, 0.2) is 17.4 Å². The third-order valence-electron chi connectivity index (χ3n) is 2.23. The molecule has 0 bridgehead atoms. The molecule has 4 N–H and O–H groups in total. The molecule has 2 aromatic rings. The maximum atomic E-state index is 8.62. The molecule has 0 aliphatic rings. The van der Waals surface area contributed by atoms with Gasteiger partial charge in [-0.25, -0.2) is 5.10 Å². The van der Waals surface area contributed by atoms with Crippen LogP contribution in [0.4, 0.5) is 0 Å². The Morgan fingerprint density at radius 2 is 2.33 bits per heavy atom. The molecule has 2 aromatic heterocycles. The number of oxime groups is 1. The van der Waals surface area contributed by atoms with Crippen LogP contribution < -0.4 is 10.2 Å². The second-order valence-electron chi connectivity index (χ2n) is 3.37. The molecule has 0 fully saturated rings. The van der Waals surface area contributed by atoms with Crippen LogP contribution in [0.1, 0.15) is 17.0 Å². The minimum Gasteiger partial charge on any atom is -0.409 e. The van der Waals surface area contributed by atoms with Crippen LogP contribution in [0.3, 0.4) is 0 Å². The van der Waals surface area contributed by atoms with Gasteiger partial charge in [-0.2, -0.15) is 0 Å². The lowest BCUT2D eigenvalue weighted by molar-refractivity contribution is -0.586. The molecule has 15 heavy (non-hydrogen) atoms. The lowest BCUT2D eigenvalue weighted by Gasteiger charge is -1.92. The SMILES string of the molecule is Cc1cc(C)[n+]2[nH]cc(/C(N)=N/O)c2n1. The molecule has 0 amide bonds. The Morgan fingerprint density at radius 1 is 1.60 bits per heavy atom. The van der Waals surface area contributed by atoms with Crippen molar-refractivity contribution in [1.82, 2.24) is 10.1 Å².